The fourth-order valence-corrected chi connectivity index (χ4v) is 2.50. The summed E-state index contributed by atoms with van der Waals surface area (Å²) in [5, 5.41) is 0. The number of alkyl halides is 1. The average molecular weight is 228 g/mol. The maximum Gasteiger partial charge on any atom is 0.129 e. The molecule has 2 nitrogen and oxygen atoms in total. The summed E-state index contributed by atoms with van der Waals surface area (Å²) in [7, 11) is 2.04. The molecule has 1 aliphatic carbocycles. The lowest BCUT2D eigenvalue weighted by atomic mass is 9.87. The minimum absolute atomic E-state index is 0.151. The Morgan fingerprint density at radius 2 is 2.25 bits per heavy atom. The lowest BCUT2D eigenvalue weighted by Crippen LogP contribution is -2.37. The normalized spacial score (nSPS) is 33.5. The van der Waals surface area contributed by atoms with Crippen LogP contribution in [0.25, 0.3) is 0 Å². The number of nitrogens with two attached hydrogens (primary N) is 1. The number of halogens is 2. The molecule has 0 radical (unpaired) electrons. The van der Waals surface area contributed by atoms with Crippen LogP contribution in [0.2, 0.25) is 0 Å². The minimum Gasteiger partial charge on any atom is -0.324 e. The molecule has 1 heterocycles. The molecular weight excluding hydrogens is 210 g/mol. The van der Waals surface area contributed by atoms with E-state index in [1.807, 2.05) is 7.05 Å². The van der Waals surface area contributed by atoms with Crippen molar-refractivity contribution in [2.24, 2.45) is 11.7 Å². The van der Waals surface area contributed by atoms with Crippen molar-refractivity contribution in [1.82, 2.24) is 4.90 Å². The van der Waals surface area contributed by atoms with Gasteiger partial charge in [-0.1, -0.05) is 6.08 Å². The second kappa shape index (κ2) is 4.63. The molecule has 4 heteroatoms. The number of hydrogen-bond acceptors (Lipinski definition) is 2. The fourth-order valence-electron chi connectivity index (χ4n) is 2.50. The van der Waals surface area contributed by atoms with Gasteiger partial charge in [0.2, 0.25) is 0 Å². The van der Waals surface area contributed by atoms with Gasteiger partial charge in [-0.15, -0.1) is 0 Å². The number of rotatable bonds is 2. The smallest absolute Gasteiger partial charge is 0.129 e. The largest absolute Gasteiger partial charge is 0.324 e. The van der Waals surface area contributed by atoms with Crippen molar-refractivity contribution in [2.75, 3.05) is 20.1 Å². The van der Waals surface area contributed by atoms with E-state index in [4.69, 9.17) is 5.73 Å². The summed E-state index contributed by atoms with van der Waals surface area (Å²) in [6.45, 7) is 1.91. The van der Waals surface area contributed by atoms with Crippen LogP contribution in [0.15, 0.2) is 23.6 Å². The average Bonchev–Trinajstić information content (AvgIpc) is 2.64. The molecule has 2 aliphatic rings. The topological polar surface area (TPSA) is 29.3 Å². The van der Waals surface area contributed by atoms with Crippen molar-refractivity contribution in [1.29, 1.82) is 0 Å². The van der Waals surface area contributed by atoms with E-state index in [9.17, 15) is 8.78 Å². The quantitative estimate of drug-likeness (QED) is 0.780. The molecule has 2 rings (SSSR count). The highest BCUT2D eigenvalue weighted by atomic mass is 19.1. The van der Waals surface area contributed by atoms with Crippen LogP contribution in [0.5, 0.6) is 0 Å². The summed E-state index contributed by atoms with van der Waals surface area (Å²) in [6, 6.07) is -0.274. The predicted molar refractivity (Wildman–Crippen MR) is 60.4 cm³/mol. The van der Waals surface area contributed by atoms with Gasteiger partial charge in [-0.3, -0.25) is 0 Å². The highest BCUT2D eigenvalue weighted by Gasteiger charge is 2.32. The standard InChI is InChI=1S/C12H18F2N2/c1-16-5-4-8(7-16)12(15)10-3-2-9(13)6-11(10)14/h2-3,8,11-12H,4-7,15H2,1H3. The monoisotopic (exact) mass is 228 g/mol. The lowest BCUT2D eigenvalue weighted by molar-refractivity contribution is 0.314. The fraction of sp³-hybridized carbons (Fsp3) is 0.667. The minimum atomic E-state index is -1.24. The zero-order valence-corrected chi connectivity index (χ0v) is 9.50. The molecule has 1 aliphatic heterocycles. The maximum absolute atomic E-state index is 13.7. The second-order valence-corrected chi connectivity index (χ2v) is 4.79. The Balaban J connectivity index is 2.06. The molecule has 0 bridgehead atoms. The second-order valence-electron chi connectivity index (χ2n) is 4.79. The van der Waals surface area contributed by atoms with Gasteiger partial charge >= 0.3 is 0 Å². The highest BCUT2D eigenvalue weighted by molar-refractivity contribution is 5.29. The van der Waals surface area contributed by atoms with Crippen LogP contribution >= 0.6 is 0 Å². The Morgan fingerprint density at radius 3 is 2.81 bits per heavy atom. The molecule has 0 spiro atoms. The summed E-state index contributed by atoms with van der Waals surface area (Å²) in [4.78, 5) is 2.19. The molecule has 3 atom stereocenters. The van der Waals surface area contributed by atoms with Gasteiger partial charge in [0.05, 0.1) is 0 Å². The van der Waals surface area contributed by atoms with E-state index >= 15 is 0 Å². The Hall–Kier alpha value is -0.740. The number of likely N-dealkylation sites (tertiary alicyclic amines) is 1. The van der Waals surface area contributed by atoms with Crippen molar-refractivity contribution in [3.8, 4) is 0 Å². The first-order chi connectivity index (χ1) is 7.58. The molecular formula is C12H18F2N2. The van der Waals surface area contributed by atoms with Gasteiger partial charge < -0.3 is 10.6 Å². The molecule has 3 unspecified atom stereocenters. The van der Waals surface area contributed by atoms with E-state index in [0.717, 1.165) is 19.5 Å². The SMILES string of the molecule is CN1CCC(C(N)C2=CC=C(F)CC2F)C1. The predicted octanol–water partition coefficient (Wildman–Crippen LogP) is 1.79. The van der Waals surface area contributed by atoms with Gasteiger partial charge in [0, 0.05) is 19.0 Å². The zero-order chi connectivity index (χ0) is 11.7. The maximum atomic E-state index is 13.7. The third kappa shape index (κ3) is 2.33. The summed E-state index contributed by atoms with van der Waals surface area (Å²) in [5.41, 5.74) is 6.62. The first-order valence-corrected chi connectivity index (χ1v) is 5.72. The van der Waals surface area contributed by atoms with Gasteiger partial charge in [0.1, 0.15) is 12.0 Å². The van der Waals surface area contributed by atoms with Crippen molar-refractivity contribution in [2.45, 2.75) is 25.1 Å². The molecule has 16 heavy (non-hydrogen) atoms. The summed E-state index contributed by atoms with van der Waals surface area (Å²) >= 11 is 0. The Bertz CT molecular complexity index is 325. The molecule has 90 valence electrons. The van der Waals surface area contributed by atoms with Crippen molar-refractivity contribution in [3.05, 3.63) is 23.6 Å². The number of hydrogen-bond donors (Lipinski definition) is 1. The van der Waals surface area contributed by atoms with E-state index in [0.29, 0.717) is 11.5 Å². The van der Waals surface area contributed by atoms with E-state index in [-0.39, 0.29) is 12.5 Å². The van der Waals surface area contributed by atoms with Crippen LogP contribution in [0, 0.1) is 5.92 Å². The number of allylic oxidation sites excluding steroid dienone is 3. The molecule has 0 aromatic heterocycles. The van der Waals surface area contributed by atoms with Gasteiger partial charge in [-0.05, 0) is 37.6 Å². The van der Waals surface area contributed by atoms with E-state index < -0.39 is 12.0 Å². The van der Waals surface area contributed by atoms with Crippen molar-refractivity contribution in [3.63, 3.8) is 0 Å². The molecule has 1 saturated heterocycles. The summed E-state index contributed by atoms with van der Waals surface area (Å²) in [5.74, 6) is -0.101. The van der Waals surface area contributed by atoms with Crippen LogP contribution in [-0.2, 0) is 0 Å². The lowest BCUT2D eigenvalue weighted by Gasteiger charge is -2.26. The molecule has 0 aromatic rings. The van der Waals surface area contributed by atoms with Crippen LogP contribution in [-0.4, -0.2) is 37.3 Å². The first kappa shape index (κ1) is 11.7. The van der Waals surface area contributed by atoms with Crippen molar-refractivity contribution < 1.29 is 8.78 Å². The molecule has 0 aromatic carbocycles. The Labute approximate surface area is 94.8 Å². The van der Waals surface area contributed by atoms with Gasteiger partial charge in [0.15, 0.2) is 0 Å². The summed E-state index contributed by atoms with van der Waals surface area (Å²) < 4.78 is 26.5. The Morgan fingerprint density at radius 1 is 1.50 bits per heavy atom. The third-order valence-electron chi connectivity index (χ3n) is 3.51. The zero-order valence-electron chi connectivity index (χ0n) is 9.50. The third-order valence-corrected chi connectivity index (χ3v) is 3.51. The van der Waals surface area contributed by atoms with Crippen LogP contribution in [0.4, 0.5) is 8.78 Å². The molecule has 0 saturated carbocycles. The van der Waals surface area contributed by atoms with Crippen LogP contribution in [0.3, 0.4) is 0 Å². The first-order valence-electron chi connectivity index (χ1n) is 5.72. The molecule has 1 fully saturated rings. The van der Waals surface area contributed by atoms with Gasteiger partial charge in [0.25, 0.3) is 0 Å². The van der Waals surface area contributed by atoms with Crippen molar-refractivity contribution >= 4 is 0 Å². The summed E-state index contributed by atoms with van der Waals surface area (Å²) in [6.07, 6.45) is 2.46. The van der Waals surface area contributed by atoms with E-state index in [2.05, 4.69) is 4.90 Å². The Kier molecular flexibility index (Phi) is 3.40. The van der Waals surface area contributed by atoms with Gasteiger partial charge in [-0.2, -0.15) is 0 Å². The molecule has 0 amide bonds. The van der Waals surface area contributed by atoms with Gasteiger partial charge in [-0.25, -0.2) is 8.78 Å². The van der Waals surface area contributed by atoms with E-state index in [1.165, 1.54) is 12.2 Å². The molecule has 2 N–H and O–H groups in total. The number of nitrogens with zero attached hydrogens (tertiary/aromatic N) is 1. The van der Waals surface area contributed by atoms with Crippen LogP contribution in [0.1, 0.15) is 12.8 Å². The van der Waals surface area contributed by atoms with E-state index in [1.54, 1.807) is 0 Å². The highest BCUT2D eigenvalue weighted by Crippen LogP contribution is 2.29. The van der Waals surface area contributed by atoms with Crippen LogP contribution < -0.4 is 5.73 Å².